The maximum Gasteiger partial charge on any atom is 0.240 e. The first-order valence-electron chi connectivity index (χ1n) is 16.6. The van der Waals surface area contributed by atoms with Gasteiger partial charge in [0.25, 0.3) is 0 Å². The van der Waals surface area contributed by atoms with Gasteiger partial charge in [-0.15, -0.1) is 0 Å². The van der Waals surface area contributed by atoms with Crippen LogP contribution in [0.4, 0.5) is 0 Å². The number of amides is 2. The van der Waals surface area contributed by atoms with Crippen molar-refractivity contribution >= 4 is 17.6 Å². The Labute approximate surface area is 287 Å². The molecule has 1 heterocycles. The van der Waals surface area contributed by atoms with Crippen LogP contribution < -0.4 is 15.4 Å². The van der Waals surface area contributed by atoms with E-state index >= 15 is 0 Å². The molecule has 0 radical (unpaired) electrons. The molecule has 0 saturated carbocycles. The number of Topliss-reactive ketones (excluding diaryl/α,β-unsaturated/α-hetero) is 1. The number of rotatable bonds is 18. The van der Waals surface area contributed by atoms with Gasteiger partial charge in [-0.05, 0) is 40.3 Å². The zero-order chi connectivity index (χ0) is 34.3. The van der Waals surface area contributed by atoms with E-state index in [1.807, 2.05) is 115 Å². The number of aromatic nitrogens is 2. The van der Waals surface area contributed by atoms with Crippen LogP contribution in [0.15, 0.2) is 128 Å². The van der Waals surface area contributed by atoms with Gasteiger partial charge >= 0.3 is 0 Å². The number of hydrogen-bond donors (Lipinski definition) is 3. The summed E-state index contributed by atoms with van der Waals surface area (Å²) in [5.74, 6) is 0.202. The van der Waals surface area contributed by atoms with Crippen LogP contribution in [0.2, 0.25) is 0 Å². The van der Waals surface area contributed by atoms with Crippen LogP contribution in [0.5, 0.6) is 5.75 Å². The normalized spacial score (nSPS) is 12.1. The van der Waals surface area contributed by atoms with Crippen LogP contribution in [0.1, 0.15) is 40.8 Å². The molecule has 5 rings (SSSR count). The zero-order valence-electron chi connectivity index (χ0n) is 27.8. The second kappa shape index (κ2) is 18.1. The molecule has 0 fully saturated rings. The largest absolute Gasteiger partial charge is 0.489 e. The molecule has 2 atom stereocenters. The minimum Gasteiger partial charge on any atom is -0.489 e. The molecule has 252 valence electrons. The first-order valence-corrected chi connectivity index (χ1v) is 16.6. The molecule has 5 aromatic rings. The van der Waals surface area contributed by atoms with Crippen molar-refractivity contribution in [3.63, 3.8) is 0 Å². The molecule has 9 heteroatoms. The van der Waals surface area contributed by atoms with Crippen LogP contribution in [0.25, 0.3) is 0 Å². The van der Waals surface area contributed by atoms with E-state index in [1.165, 1.54) is 4.90 Å². The topological polar surface area (TPSA) is 116 Å². The first-order chi connectivity index (χ1) is 23.9. The van der Waals surface area contributed by atoms with Crippen LogP contribution in [-0.4, -0.2) is 58.1 Å². The van der Waals surface area contributed by atoms with Gasteiger partial charge in [-0.2, -0.15) is 0 Å². The van der Waals surface area contributed by atoms with Gasteiger partial charge in [-0.25, -0.2) is 4.98 Å². The molecular weight excluding hydrogens is 614 g/mol. The number of aromatic amines is 1. The van der Waals surface area contributed by atoms with Crippen molar-refractivity contribution in [3.8, 4) is 5.75 Å². The Morgan fingerprint density at radius 2 is 1.47 bits per heavy atom. The number of ether oxygens (including phenoxy) is 1. The highest BCUT2D eigenvalue weighted by atomic mass is 16.5. The molecular formula is C40H43N5O4. The van der Waals surface area contributed by atoms with Crippen molar-refractivity contribution < 1.29 is 19.1 Å². The Balaban J connectivity index is 1.29. The molecule has 9 nitrogen and oxygen atoms in total. The van der Waals surface area contributed by atoms with Crippen molar-refractivity contribution in [2.24, 2.45) is 0 Å². The lowest BCUT2D eigenvalue weighted by Gasteiger charge is -2.28. The number of imidazole rings is 1. The van der Waals surface area contributed by atoms with Crippen molar-refractivity contribution in [1.29, 1.82) is 0 Å². The molecule has 0 spiro atoms. The third-order valence-corrected chi connectivity index (χ3v) is 8.23. The van der Waals surface area contributed by atoms with E-state index in [-0.39, 0.29) is 56.0 Å². The SMILES string of the molecule is C[C@H](CNC(=O)CN(Cc1ccc(OCc2ccccc2)cc1)C(=O)[C@H](Cc1cnc[nH]1)NCC(=O)Cc1ccccc1)c1ccccc1. The average molecular weight is 658 g/mol. The molecule has 0 aliphatic rings. The lowest BCUT2D eigenvalue weighted by Crippen LogP contribution is -2.51. The molecule has 0 aliphatic carbocycles. The molecule has 3 N–H and O–H groups in total. The molecule has 0 bridgehead atoms. The number of carbonyl (C=O) groups is 3. The highest BCUT2D eigenvalue weighted by molar-refractivity contribution is 5.89. The predicted octanol–water partition coefficient (Wildman–Crippen LogP) is 5.25. The van der Waals surface area contributed by atoms with Crippen LogP contribution >= 0.6 is 0 Å². The summed E-state index contributed by atoms with van der Waals surface area (Å²) in [7, 11) is 0. The minimum absolute atomic E-state index is 0.00150. The molecule has 0 saturated heterocycles. The number of carbonyl (C=O) groups excluding carboxylic acids is 3. The molecule has 4 aromatic carbocycles. The van der Waals surface area contributed by atoms with Gasteiger partial charge in [0, 0.05) is 37.8 Å². The zero-order valence-corrected chi connectivity index (χ0v) is 27.8. The van der Waals surface area contributed by atoms with Crippen molar-refractivity contribution in [1.82, 2.24) is 25.5 Å². The maximum absolute atomic E-state index is 14.3. The molecule has 1 aromatic heterocycles. The summed E-state index contributed by atoms with van der Waals surface area (Å²) >= 11 is 0. The molecule has 49 heavy (non-hydrogen) atoms. The van der Waals surface area contributed by atoms with Gasteiger partial charge in [0.05, 0.1) is 25.5 Å². The van der Waals surface area contributed by atoms with E-state index in [1.54, 1.807) is 12.5 Å². The lowest BCUT2D eigenvalue weighted by atomic mass is 10.0. The van der Waals surface area contributed by atoms with Gasteiger partial charge in [0.1, 0.15) is 12.4 Å². The summed E-state index contributed by atoms with van der Waals surface area (Å²) < 4.78 is 5.95. The van der Waals surface area contributed by atoms with E-state index in [2.05, 4.69) is 27.5 Å². The first kappa shape index (κ1) is 34.8. The van der Waals surface area contributed by atoms with Gasteiger partial charge in [0.2, 0.25) is 11.8 Å². The van der Waals surface area contributed by atoms with Gasteiger partial charge in [-0.1, -0.05) is 110 Å². The van der Waals surface area contributed by atoms with Crippen molar-refractivity contribution in [3.05, 3.63) is 156 Å². The third kappa shape index (κ3) is 11.3. The van der Waals surface area contributed by atoms with Crippen LogP contribution in [-0.2, 0) is 40.4 Å². The summed E-state index contributed by atoms with van der Waals surface area (Å²) in [5, 5.41) is 6.20. The number of H-pyrrole nitrogens is 1. The van der Waals surface area contributed by atoms with Crippen molar-refractivity contribution in [2.75, 3.05) is 19.6 Å². The fourth-order valence-corrected chi connectivity index (χ4v) is 5.47. The molecule has 0 aliphatic heterocycles. The number of ketones is 1. The van der Waals surface area contributed by atoms with Gasteiger partial charge in [0.15, 0.2) is 5.78 Å². The van der Waals surface area contributed by atoms with E-state index in [0.717, 1.165) is 27.9 Å². The summed E-state index contributed by atoms with van der Waals surface area (Å²) in [6.45, 7) is 2.97. The second-order valence-electron chi connectivity index (χ2n) is 12.1. The second-order valence-corrected chi connectivity index (χ2v) is 12.1. The average Bonchev–Trinajstić information content (AvgIpc) is 3.66. The number of nitrogens with zero attached hydrogens (tertiary/aromatic N) is 2. The lowest BCUT2D eigenvalue weighted by molar-refractivity contribution is -0.138. The Kier molecular flexibility index (Phi) is 12.9. The molecule has 2 amide bonds. The Bertz CT molecular complexity index is 1730. The fraction of sp³-hybridized carbons (Fsp3) is 0.250. The Hall–Kier alpha value is -5.54. The quantitative estimate of drug-likeness (QED) is 0.119. The third-order valence-electron chi connectivity index (χ3n) is 8.23. The molecule has 0 unspecified atom stereocenters. The Morgan fingerprint density at radius 3 is 2.12 bits per heavy atom. The van der Waals surface area contributed by atoms with Gasteiger partial charge in [-0.3, -0.25) is 19.7 Å². The summed E-state index contributed by atoms with van der Waals surface area (Å²) in [6, 6.07) is 36.2. The monoisotopic (exact) mass is 657 g/mol. The van der Waals surface area contributed by atoms with Crippen LogP contribution in [0.3, 0.4) is 0 Å². The predicted molar refractivity (Wildman–Crippen MR) is 190 cm³/mol. The summed E-state index contributed by atoms with van der Waals surface area (Å²) in [6.07, 6.45) is 3.73. The van der Waals surface area contributed by atoms with Crippen LogP contribution in [0, 0.1) is 0 Å². The maximum atomic E-state index is 14.3. The Morgan fingerprint density at radius 1 is 0.816 bits per heavy atom. The number of benzene rings is 4. The highest BCUT2D eigenvalue weighted by Crippen LogP contribution is 2.17. The van der Waals surface area contributed by atoms with E-state index in [0.29, 0.717) is 18.9 Å². The van der Waals surface area contributed by atoms with E-state index in [9.17, 15) is 14.4 Å². The van der Waals surface area contributed by atoms with E-state index < -0.39 is 6.04 Å². The minimum atomic E-state index is -0.773. The number of hydrogen-bond acceptors (Lipinski definition) is 6. The number of nitrogens with one attached hydrogen (secondary N) is 3. The fourth-order valence-electron chi connectivity index (χ4n) is 5.47. The standard InChI is InChI=1S/C40H43N5O4/c1-30(34-15-9-4-10-16-34)23-43-39(47)27-45(26-32-17-19-37(20-18-32)49-28-33-13-7-3-8-14-33)40(48)38(22-35-24-41-29-44-35)42-25-36(46)21-31-11-5-2-6-12-31/h2-20,24,29-30,38,42H,21-23,25-28H2,1H3,(H,41,44)(H,43,47)/t30-,38+/m1/s1. The van der Waals surface area contributed by atoms with E-state index in [4.69, 9.17) is 4.74 Å². The summed E-state index contributed by atoms with van der Waals surface area (Å²) in [4.78, 5) is 49.3. The smallest absolute Gasteiger partial charge is 0.240 e. The van der Waals surface area contributed by atoms with Gasteiger partial charge < -0.3 is 19.9 Å². The van der Waals surface area contributed by atoms with Crippen molar-refractivity contribution in [2.45, 2.75) is 44.9 Å². The highest BCUT2D eigenvalue weighted by Gasteiger charge is 2.27. The summed E-state index contributed by atoms with van der Waals surface area (Å²) in [5.41, 5.74) is 4.67.